The fourth-order valence-electron chi connectivity index (χ4n) is 2.62. The average molecular weight is 297 g/mol. The second-order valence-corrected chi connectivity index (χ2v) is 7.70. The van der Waals surface area contributed by atoms with E-state index in [2.05, 4.69) is 43.2 Å². The molecule has 1 fully saturated rings. The van der Waals surface area contributed by atoms with Crippen LogP contribution in [0.4, 0.5) is 0 Å². The zero-order valence-electron chi connectivity index (χ0n) is 13.1. The molecular weight excluding hydrogens is 270 g/mol. The van der Waals surface area contributed by atoms with Gasteiger partial charge in [0.05, 0.1) is 6.54 Å². The lowest BCUT2D eigenvalue weighted by Crippen LogP contribution is -2.35. The normalized spacial score (nSPS) is 23.8. The Hall–Kier alpha value is -0.680. The fraction of sp³-hybridized carbons (Fsp3) is 0.867. The minimum atomic E-state index is 0.101. The van der Waals surface area contributed by atoms with Gasteiger partial charge in [0.1, 0.15) is 11.1 Å². The molecule has 114 valence electrons. The molecule has 1 heterocycles. The first-order valence-electron chi connectivity index (χ1n) is 7.72. The van der Waals surface area contributed by atoms with Gasteiger partial charge in [-0.05, 0) is 52.4 Å². The smallest absolute Gasteiger partial charge is 0.294 e. The maximum atomic E-state index is 6.09. The van der Waals surface area contributed by atoms with Crippen molar-refractivity contribution in [3.05, 3.63) is 5.01 Å². The van der Waals surface area contributed by atoms with Gasteiger partial charge in [-0.1, -0.05) is 29.8 Å². The lowest BCUT2D eigenvalue weighted by molar-refractivity contribution is 0.0893. The number of nitrogens with zero attached hydrogens (tertiary/aromatic N) is 2. The molecule has 1 aromatic heterocycles. The topological polar surface area (TPSA) is 47.0 Å². The summed E-state index contributed by atoms with van der Waals surface area (Å²) in [6.07, 6.45) is 6.60. The van der Waals surface area contributed by atoms with E-state index < -0.39 is 0 Å². The highest BCUT2D eigenvalue weighted by molar-refractivity contribution is 7.13. The zero-order valence-corrected chi connectivity index (χ0v) is 13.9. The van der Waals surface area contributed by atoms with Gasteiger partial charge in [0.25, 0.3) is 5.19 Å². The molecule has 1 aliphatic carbocycles. The first-order chi connectivity index (χ1) is 9.48. The maximum absolute atomic E-state index is 6.09. The van der Waals surface area contributed by atoms with E-state index in [1.807, 2.05) is 0 Å². The Morgan fingerprint density at radius 1 is 1.25 bits per heavy atom. The van der Waals surface area contributed by atoms with Crippen molar-refractivity contribution in [3.63, 3.8) is 0 Å². The van der Waals surface area contributed by atoms with Crippen LogP contribution in [0.1, 0.15) is 64.8 Å². The van der Waals surface area contributed by atoms with Crippen molar-refractivity contribution in [1.82, 2.24) is 15.5 Å². The molecule has 0 radical (unpaired) electrons. The third-order valence-electron chi connectivity index (χ3n) is 3.83. The Labute approximate surface area is 126 Å². The Bertz CT molecular complexity index is 413. The van der Waals surface area contributed by atoms with Crippen LogP contribution in [0.3, 0.4) is 0 Å². The molecule has 2 atom stereocenters. The van der Waals surface area contributed by atoms with Gasteiger partial charge in [-0.15, -0.1) is 5.10 Å². The number of rotatable bonds is 5. The lowest BCUT2D eigenvalue weighted by atomic mass is 9.85. The minimum Gasteiger partial charge on any atom is -0.465 e. The van der Waals surface area contributed by atoms with Crippen molar-refractivity contribution >= 4 is 11.3 Å². The van der Waals surface area contributed by atoms with Crippen molar-refractivity contribution in [2.75, 3.05) is 0 Å². The Kier molecular flexibility index (Phi) is 5.38. The van der Waals surface area contributed by atoms with Crippen LogP contribution in [0.5, 0.6) is 5.19 Å². The molecule has 0 bridgehead atoms. The molecule has 5 heteroatoms. The molecule has 0 amide bonds. The van der Waals surface area contributed by atoms with E-state index in [0.717, 1.165) is 23.2 Å². The van der Waals surface area contributed by atoms with Gasteiger partial charge in [-0.3, -0.25) is 0 Å². The average Bonchev–Trinajstić information content (AvgIpc) is 2.84. The van der Waals surface area contributed by atoms with E-state index in [-0.39, 0.29) is 5.54 Å². The molecule has 1 N–H and O–H groups in total. The van der Waals surface area contributed by atoms with Crippen LogP contribution < -0.4 is 10.1 Å². The van der Waals surface area contributed by atoms with E-state index in [4.69, 9.17) is 4.74 Å². The van der Waals surface area contributed by atoms with E-state index in [1.165, 1.54) is 25.7 Å². The summed E-state index contributed by atoms with van der Waals surface area (Å²) in [5.41, 5.74) is 0.101. The van der Waals surface area contributed by atoms with Gasteiger partial charge in [0, 0.05) is 5.54 Å². The predicted molar refractivity (Wildman–Crippen MR) is 83.2 cm³/mol. The van der Waals surface area contributed by atoms with Gasteiger partial charge in [0.2, 0.25) is 0 Å². The van der Waals surface area contributed by atoms with Gasteiger partial charge in [0.15, 0.2) is 0 Å². The Morgan fingerprint density at radius 2 is 2.00 bits per heavy atom. The number of hydrogen-bond donors (Lipinski definition) is 1. The van der Waals surface area contributed by atoms with Crippen molar-refractivity contribution < 1.29 is 4.74 Å². The van der Waals surface area contributed by atoms with Crippen LogP contribution >= 0.6 is 11.3 Å². The van der Waals surface area contributed by atoms with Crippen LogP contribution in [0.2, 0.25) is 0 Å². The summed E-state index contributed by atoms with van der Waals surface area (Å²) in [6.45, 7) is 9.47. The summed E-state index contributed by atoms with van der Waals surface area (Å²) in [4.78, 5) is 0. The Morgan fingerprint density at radius 3 is 2.70 bits per heavy atom. The highest BCUT2D eigenvalue weighted by Gasteiger charge is 2.26. The number of nitrogens with one attached hydrogen (secondary N) is 1. The SMILES string of the molecule is CCC1CCCCC1Oc1nnc(CNC(C)(C)C)s1. The molecule has 2 unspecified atom stereocenters. The molecule has 0 saturated heterocycles. The first kappa shape index (κ1) is 15.7. The number of ether oxygens (including phenoxy) is 1. The summed E-state index contributed by atoms with van der Waals surface area (Å²) in [5, 5.41) is 13.6. The summed E-state index contributed by atoms with van der Waals surface area (Å²) < 4.78 is 6.09. The van der Waals surface area contributed by atoms with Gasteiger partial charge >= 0.3 is 0 Å². The van der Waals surface area contributed by atoms with Crippen molar-refractivity contribution in [2.24, 2.45) is 5.92 Å². The quantitative estimate of drug-likeness (QED) is 0.898. The van der Waals surface area contributed by atoms with Crippen molar-refractivity contribution in [1.29, 1.82) is 0 Å². The monoisotopic (exact) mass is 297 g/mol. The van der Waals surface area contributed by atoms with Gasteiger partial charge < -0.3 is 10.1 Å². The van der Waals surface area contributed by atoms with E-state index >= 15 is 0 Å². The second kappa shape index (κ2) is 6.85. The molecule has 0 spiro atoms. The third-order valence-corrected chi connectivity index (χ3v) is 4.65. The van der Waals surface area contributed by atoms with Crippen LogP contribution in [0, 0.1) is 5.92 Å². The summed E-state index contributed by atoms with van der Waals surface area (Å²) >= 11 is 1.57. The summed E-state index contributed by atoms with van der Waals surface area (Å²) in [7, 11) is 0. The van der Waals surface area contributed by atoms with Crippen LogP contribution in [0.15, 0.2) is 0 Å². The summed E-state index contributed by atoms with van der Waals surface area (Å²) in [6, 6.07) is 0. The fourth-order valence-corrected chi connectivity index (χ4v) is 3.30. The molecule has 20 heavy (non-hydrogen) atoms. The van der Waals surface area contributed by atoms with E-state index in [0.29, 0.717) is 12.0 Å². The van der Waals surface area contributed by atoms with E-state index in [1.54, 1.807) is 11.3 Å². The highest BCUT2D eigenvalue weighted by Crippen LogP contribution is 2.31. The molecule has 0 aromatic carbocycles. The molecule has 1 saturated carbocycles. The molecule has 0 aliphatic heterocycles. The minimum absolute atomic E-state index is 0.101. The van der Waals surface area contributed by atoms with Crippen molar-refractivity contribution in [2.45, 2.75) is 78.0 Å². The number of aromatic nitrogens is 2. The highest BCUT2D eigenvalue weighted by atomic mass is 32.1. The molecule has 2 rings (SSSR count). The standard InChI is InChI=1S/C15H27N3OS/c1-5-11-8-6-7-9-12(11)19-14-18-17-13(20-14)10-16-15(2,3)4/h11-12,16H,5-10H2,1-4H3. The summed E-state index contributed by atoms with van der Waals surface area (Å²) in [5.74, 6) is 0.684. The number of hydrogen-bond acceptors (Lipinski definition) is 5. The van der Waals surface area contributed by atoms with E-state index in [9.17, 15) is 0 Å². The lowest BCUT2D eigenvalue weighted by Gasteiger charge is -2.29. The predicted octanol–water partition coefficient (Wildman–Crippen LogP) is 3.77. The first-order valence-corrected chi connectivity index (χ1v) is 8.53. The largest absolute Gasteiger partial charge is 0.465 e. The van der Waals surface area contributed by atoms with Crippen LogP contribution in [-0.2, 0) is 6.54 Å². The molecule has 1 aromatic rings. The van der Waals surface area contributed by atoms with Crippen molar-refractivity contribution in [3.8, 4) is 5.19 Å². The maximum Gasteiger partial charge on any atom is 0.294 e. The zero-order chi connectivity index (χ0) is 14.6. The van der Waals surface area contributed by atoms with Gasteiger partial charge in [-0.25, -0.2) is 0 Å². The molecular formula is C15H27N3OS. The third kappa shape index (κ3) is 4.70. The van der Waals surface area contributed by atoms with Crippen LogP contribution in [-0.4, -0.2) is 21.8 Å². The second-order valence-electron chi connectivity index (χ2n) is 6.67. The molecule has 1 aliphatic rings. The van der Waals surface area contributed by atoms with Crippen LogP contribution in [0.25, 0.3) is 0 Å². The molecule has 4 nitrogen and oxygen atoms in total. The Balaban J connectivity index is 1.88. The van der Waals surface area contributed by atoms with Gasteiger partial charge in [-0.2, -0.15) is 0 Å².